The Morgan fingerprint density at radius 1 is 1.24 bits per heavy atom. The zero-order chi connectivity index (χ0) is 12.6. The molecule has 2 aliphatic rings. The highest BCUT2D eigenvalue weighted by molar-refractivity contribution is 5.14. The number of hydrogen-bond acceptors (Lipinski definition) is 4. The van der Waals surface area contributed by atoms with Gasteiger partial charge in [-0.05, 0) is 26.7 Å². The highest BCUT2D eigenvalue weighted by Crippen LogP contribution is 2.47. The van der Waals surface area contributed by atoms with E-state index in [0.717, 1.165) is 12.8 Å². The summed E-state index contributed by atoms with van der Waals surface area (Å²) in [6.45, 7) is 5.47. The molecule has 96 valence electrons. The molecule has 0 aromatic heterocycles. The van der Waals surface area contributed by atoms with Gasteiger partial charge in [-0.1, -0.05) is 0 Å². The maximum Gasteiger partial charge on any atom is 0.109 e. The second-order valence-corrected chi connectivity index (χ2v) is 5.92. The van der Waals surface area contributed by atoms with E-state index in [4.69, 9.17) is 9.47 Å². The Morgan fingerprint density at radius 2 is 2.00 bits per heavy atom. The Balaban J connectivity index is 2.26. The Labute approximate surface area is 103 Å². The lowest BCUT2D eigenvalue weighted by Crippen LogP contribution is -2.58. The summed E-state index contributed by atoms with van der Waals surface area (Å²) in [5, 5.41) is 20.4. The molecule has 2 aliphatic heterocycles. The van der Waals surface area contributed by atoms with Gasteiger partial charge in [-0.25, -0.2) is 0 Å². The van der Waals surface area contributed by atoms with E-state index in [-0.39, 0.29) is 5.60 Å². The van der Waals surface area contributed by atoms with Gasteiger partial charge in [0.25, 0.3) is 0 Å². The lowest BCUT2D eigenvalue weighted by Gasteiger charge is -2.50. The van der Waals surface area contributed by atoms with Crippen LogP contribution in [0, 0.1) is 16.7 Å². The summed E-state index contributed by atoms with van der Waals surface area (Å²) in [7, 11) is 0. The van der Waals surface area contributed by atoms with Gasteiger partial charge in [0.05, 0.1) is 30.5 Å². The number of hydrogen-bond donors (Lipinski definition) is 1. The molecular weight excluding hydrogens is 218 g/mol. The largest absolute Gasteiger partial charge is 0.388 e. The first-order chi connectivity index (χ1) is 7.93. The number of aliphatic hydroxyl groups is 1. The topological polar surface area (TPSA) is 62.5 Å². The Kier molecular flexibility index (Phi) is 3.19. The minimum Gasteiger partial charge on any atom is -0.388 e. The number of nitriles is 1. The van der Waals surface area contributed by atoms with Crippen molar-refractivity contribution in [3.8, 4) is 6.07 Å². The van der Waals surface area contributed by atoms with Crippen LogP contribution in [0.2, 0.25) is 0 Å². The second kappa shape index (κ2) is 4.24. The first-order valence-electron chi connectivity index (χ1n) is 6.29. The van der Waals surface area contributed by atoms with E-state index < -0.39 is 11.0 Å². The Bertz CT molecular complexity index is 328. The van der Waals surface area contributed by atoms with Gasteiger partial charge >= 0.3 is 0 Å². The number of ether oxygens (including phenoxy) is 2. The van der Waals surface area contributed by atoms with Crippen molar-refractivity contribution in [2.24, 2.45) is 5.41 Å². The van der Waals surface area contributed by atoms with Gasteiger partial charge in [-0.3, -0.25) is 0 Å². The van der Waals surface area contributed by atoms with Crippen molar-refractivity contribution in [1.82, 2.24) is 0 Å². The molecule has 17 heavy (non-hydrogen) atoms. The lowest BCUT2D eigenvalue weighted by atomic mass is 9.63. The molecule has 0 bridgehead atoms. The number of nitrogens with zero attached hydrogens (tertiary/aromatic N) is 1. The van der Waals surface area contributed by atoms with Crippen molar-refractivity contribution in [1.29, 1.82) is 5.26 Å². The van der Waals surface area contributed by atoms with Crippen molar-refractivity contribution in [2.45, 2.75) is 50.7 Å². The summed E-state index contributed by atoms with van der Waals surface area (Å²) in [5.74, 6) is 0. The SMILES string of the molecule is CC1(C)CC(O)(C2(C#N)CCCOC2)CCO1. The molecule has 0 aromatic carbocycles. The van der Waals surface area contributed by atoms with Gasteiger partial charge in [0, 0.05) is 19.4 Å². The summed E-state index contributed by atoms with van der Waals surface area (Å²) in [6, 6.07) is 2.33. The van der Waals surface area contributed by atoms with Crippen LogP contribution in [0.15, 0.2) is 0 Å². The van der Waals surface area contributed by atoms with Gasteiger partial charge in [0.1, 0.15) is 5.41 Å². The molecule has 2 saturated heterocycles. The minimum atomic E-state index is -0.982. The second-order valence-electron chi connectivity index (χ2n) is 5.92. The van der Waals surface area contributed by atoms with Crippen molar-refractivity contribution in [2.75, 3.05) is 19.8 Å². The van der Waals surface area contributed by atoms with Crippen LogP contribution >= 0.6 is 0 Å². The molecule has 2 atom stereocenters. The highest BCUT2D eigenvalue weighted by Gasteiger charge is 2.55. The predicted molar refractivity (Wildman–Crippen MR) is 62.3 cm³/mol. The van der Waals surface area contributed by atoms with Crippen LogP contribution in [0.4, 0.5) is 0 Å². The lowest BCUT2D eigenvalue weighted by molar-refractivity contribution is -0.202. The standard InChI is InChI=1S/C13H21NO3/c1-11(2)8-13(15,5-7-17-11)12(9-14)4-3-6-16-10-12/h15H,3-8,10H2,1-2H3. The van der Waals surface area contributed by atoms with Crippen molar-refractivity contribution < 1.29 is 14.6 Å². The molecule has 0 aromatic rings. The molecule has 0 saturated carbocycles. The third kappa shape index (κ3) is 2.20. The summed E-state index contributed by atoms with van der Waals surface area (Å²) >= 11 is 0. The van der Waals surface area contributed by atoms with Crippen molar-refractivity contribution in [3.05, 3.63) is 0 Å². The molecule has 1 N–H and O–H groups in total. The van der Waals surface area contributed by atoms with Crippen molar-refractivity contribution in [3.63, 3.8) is 0 Å². The normalized spacial score (nSPS) is 41.8. The van der Waals surface area contributed by atoms with Crippen LogP contribution in [0.5, 0.6) is 0 Å². The Hall–Kier alpha value is -0.630. The summed E-state index contributed by atoms with van der Waals surface area (Å²) in [4.78, 5) is 0. The van der Waals surface area contributed by atoms with E-state index in [9.17, 15) is 10.4 Å². The van der Waals surface area contributed by atoms with Gasteiger partial charge < -0.3 is 14.6 Å². The predicted octanol–water partition coefficient (Wildman–Crippen LogP) is 1.63. The van der Waals surface area contributed by atoms with Crippen LogP contribution in [0.1, 0.15) is 39.5 Å². The molecule has 2 rings (SSSR count). The monoisotopic (exact) mass is 239 g/mol. The van der Waals surface area contributed by atoms with Crippen molar-refractivity contribution >= 4 is 0 Å². The fraction of sp³-hybridized carbons (Fsp3) is 0.923. The van der Waals surface area contributed by atoms with E-state index in [1.54, 1.807) is 0 Å². The first-order valence-corrected chi connectivity index (χ1v) is 6.29. The first kappa shape index (κ1) is 12.8. The van der Waals surface area contributed by atoms with Crippen LogP contribution in [-0.4, -0.2) is 36.1 Å². The molecule has 2 unspecified atom stereocenters. The maximum absolute atomic E-state index is 10.9. The van der Waals surface area contributed by atoms with Crippen LogP contribution in [0.25, 0.3) is 0 Å². The Morgan fingerprint density at radius 3 is 2.53 bits per heavy atom. The van der Waals surface area contributed by atoms with Crippen LogP contribution in [-0.2, 0) is 9.47 Å². The summed E-state index contributed by atoms with van der Waals surface area (Å²) < 4.78 is 11.1. The molecule has 4 heteroatoms. The van der Waals surface area contributed by atoms with E-state index in [1.165, 1.54) is 0 Å². The highest BCUT2D eigenvalue weighted by atomic mass is 16.5. The molecule has 0 aliphatic carbocycles. The molecule has 2 heterocycles. The van der Waals surface area contributed by atoms with Gasteiger partial charge in [0.15, 0.2) is 0 Å². The van der Waals surface area contributed by atoms with Gasteiger partial charge in [-0.2, -0.15) is 5.26 Å². The molecule has 0 spiro atoms. The van der Waals surface area contributed by atoms with Gasteiger partial charge in [-0.15, -0.1) is 0 Å². The summed E-state index contributed by atoms with van der Waals surface area (Å²) in [6.07, 6.45) is 2.58. The summed E-state index contributed by atoms with van der Waals surface area (Å²) in [5.41, 5.74) is -2.11. The van der Waals surface area contributed by atoms with E-state index in [2.05, 4.69) is 6.07 Å². The molecule has 0 amide bonds. The van der Waals surface area contributed by atoms with Gasteiger partial charge in [0.2, 0.25) is 0 Å². The third-order valence-corrected chi connectivity index (χ3v) is 4.07. The average molecular weight is 239 g/mol. The average Bonchev–Trinajstić information content (AvgIpc) is 2.28. The van der Waals surface area contributed by atoms with E-state index >= 15 is 0 Å². The quantitative estimate of drug-likeness (QED) is 0.755. The minimum absolute atomic E-state index is 0.343. The smallest absolute Gasteiger partial charge is 0.109 e. The fourth-order valence-corrected chi connectivity index (χ4v) is 3.10. The number of rotatable bonds is 1. The molecular formula is C13H21NO3. The zero-order valence-electron chi connectivity index (χ0n) is 10.7. The van der Waals surface area contributed by atoms with Crippen LogP contribution < -0.4 is 0 Å². The van der Waals surface area contributed by atoms with E-state index in [1.807, 2.05) is 13.8 Å². The molecule has 0 radical (unpaired) electrons. The molecule has 4 nitrogen and oxygen atoms in total. The zero-order valence-corrected chi connectivity index (χ0v) is 10.7. The van der Waals surface area contributed by atoms with Crippen LogP contribution in [0.3, 0.4) is 0 Å². The van der Waals surface area contributed by atoms with E-state index in [0.29, 0.717) is 32.7 Å². The molecule has 2 fully saturated rings. The maximum atomic E-state index is 10.9. The third-order valence-electron chi connectivity index (χ3n) is 4.07. The fourth-order valence-electron chi connectivity index (χ4n) is 3.10.